The smallest absolute Gasteiger partial charge is 0.305 e. The molecule has 376 valence electrons. The van der Waals surface area contributed by atoms with Gasteiger partial charge >= 0.3 is 5.97 Å². The molecule has 64 heavy (non-hydrogen) atoms. The Labute approximate surface area is 398 Å². The summed E-state index contributed by atoms with van der Waals surface area (Å²) in [5.41, 5.74) is 0. The Hall–Kier alpha value is -1.92. The van der Waals surface area contributed by atoms with Crippen molar-refractivity contribution in [2.24, 2.45) is 0 Å². The van der Waals surface area contributed by atoms with Crippen LogP contribution in [-0.2, 0) is 14.3 Å². The van der Waals surface area contributed by atoms with Gasteiger partial charge in [0.1, 0.15) is 0 Å². The SMILES string of the molecule is CCC/C=C\C/C=C\CCCCCCCC(=O)OCCCCCCCCCCCCCCCCCCCCCC(=O)NC(CO)C(O)/C=C/CCCCCCCCCCCCCCC. The lowest BCUT2D eigenvalue weighted by molar-refractivity contribution is -0.143. The number of nitrogens with one attached hydrogen (secondary N) is 1. The fraction of sp³-hybridized carbons (Fsp3) is 0.862. The Morgan fingerprint density at radius 3 is 1.25 bits per heavy atom. The summed E-state index contributed by atoms with van der Waals surface area (Å²) in [5.74, 6) is -0.0780. The molecule has 6 nitrogen and oxygen atoms in total. The predicted molar refractivity (Wildman–Crippen MR) is 278 cm³/mol. The van der Waals surface area contributed by atoms with Crippen molar-refractivity contribution in [3.05, 3.63) is 36.5 Å². The molecule has 0 aliphatic carbocycles. The highest BCUT2D eigenvalue weighted by Crippen LogP contribution is 2.17. The van der Waals surface area contributed by atoms with Crippen LogP contribution in [0.3, 0.4) is 0 Å². The monoisotopic (exact) mass is 900 g/mol. The molecule has 0 rings (SSSR count). The topological polar surface area (TPSA) is 95.9 Å². The minimum Gasteiger partial charge on any atom is -0.466 e. The number of amides is 1. The molecule has 6 heteroatoms. The van der Waals surface area contributed by atoms with E-state index in [0.717, 1.165) is 51.4 Å². The van der Waals surface area contributed by atoms with Gasteiger partial charge in [-0.1, -0.05) is 262 Å². The molecule has 2 unspecified atom stereocenters. The molecule has 3 N–H and O–H groups in total. The van der Waals surface area contributed by atoms with Crippen molar-refractivity contribution >= 4 is 11.9 Å². The molecule has 0 saturated heterocycles. The summed E-state index contributed by atoms with van der Waals surface area (Å²) < 4.78 is 5.46. The first-order chi connectivity index (χ1) is 31.5. The summed E-state index contributed by atoms with van der Waals surface area (Å²) >= 11 is 0. The lowest BCUT2D eigenvalue weighted by Crippen LogP contribution is -2.45. The van der Waals surface area contributed by atoms with E-state index in [1.54, 1.807) is 6.08 Å². The van der Waals surface area contributed by atoms with Gasteiger partial charge in [-0.15, -0.1) is 0 Å². The van der Waals surface area contributed by atoms with Gasteiger partial charge in [-0.3, -0.25) is 9.59 Å². The lowest BCUT2D eigenvalue weighted by atomic mass is 10.0. The highest BCUT2D eigenvalue weighted by molar-refractivity contribution is 5.76. The molecule has 0 saturated carbocycles. The molecular formula is C58H109NO5. The van der Waals surface area contributed by atoms with Crippen LogP contribution in [0.5, 0.6) is 0 Å². The Morgan fingerprint density at radius 1 is 0.438 bits per heavy atom. The van der Waals surface area contributed by atoms with Crippen LogP contribution in [0.1, 0.15) is 296 Å². The zero-order valence-electron chi connectivity index (χ0n) is 42.8. The van der Waals surface area contributed by atoms with E-state index in [4.69, 9.17) is 4.74 Å². The van der Waals surface area contributed by atoms with Crippen molar-refractivity contribution in [3.8, 4) is 0 Å². The number of unbranched alkanes of at least 4 members (excludes halogenated alkanes) is 37. The second-order valence-electron chi connectivity index (χ2n) is 19.3. The number of esters is 1. The van der Waals surface area contributed by atoms with E-state index in [1.807, 2.05) is 6.08 Å². The first-order valence-corrected chi connectivity index (χ1v) is 28.3. The summed E-state index contributed by atoms with van der Waals surface area (Å²) in [6.45, 7) is 4.83. The van der Waals surface area contributed by atoms with Gasteiger partial charge < -0.3 is 20.3 Å². The first-order valence-electron chi connectivity index (χ1n) is 28.3. The normalized spacial score (nSPS) is 12.9. The third-order valence-electron chi connectivity index (χ3n) is 12.9. The molecular weight excluding hydrogens is 791 g/mol. The summed E-state index contributed by atoms with van der Waals surface area (Å²) in [6.07, 6.45) is 65.9. The fourth-order valence-electron chi connectivity index (χ4n) is 8.55. The number of hydrogen-bond donors (Lipinski definition) is 3. The van der Waals surface area contributed by atoms with Gasteiger partial charge in [-0.2, -0.15) is 0 Å². The molecule has 0 radical (unpaired) electrons. The number of ether oxygens (including phenoxy) is 1. The average molecular weight is 901 g/mol. The number of aliphatic hydroxyl groups excluding tert-OH is 2. The van der Waals surface area contributed by atoms with Crippen LogP contribution in [0.15, 0.2) is 36.5 Å². The standard InChI is InChI=1S/C58H109NO5/c1-3-5-7-9-11-13-15-17-23-27-30-34-38-42-46-50-56(61)55(54-60)59-57(62)51-47-43-39-35-31-28-24-21-19-18-20-22-25-29-33-37-41-45-49-53-64-58(63)52-48-44-40-36-32-26-16-14-12-10-8-6-4-2/h8,10,14,16,46,50,55-56,60-61H,3-7,9,11-13,15,17-45,47-49,51-54H2,1-2H3,(H,59,62)/b10-8-,16-14-,50-46+. The number of aliphatic hydroxyl groups is 2. The Balaban J connectivity index is 3.44. The zero-order valence-corrected chi connectivity index (χ0v) is 42.8. The lowest BCUT2D eigenvalue weighted by Gasteiger charge is -2.20. The Morgan fingerprint density at radius 2 is 0.812 bits per heavy atom. The molecule has 0 spiro atoms. The molecule has 0 bridgehead atoms. The van der Waals surface area contributed by atoms with Crippen LogP contribution in [-0.4, -0.2) is 47.4 Å². The highest BCUT2D eigenvalue weighted by atomic mass is 16.5. The minimum absolute atomic E-state index is 0.00735. The molecule has 0 fully saturated rings. The zero-order chi connectivity index (χ0) is 46.5. The van der Waals surface area contributed by atoms with Crippen molar-refractivity contribution in [1.29, 1.82) is 0 Å². The number of hydrogen-bond acceptors (Lipinski definition) is 5. The summed E-state index contributed by atoms with van der Waals surface area (Å²) in [4.78, 5) is 24.5. The van der Waals surface area contributed by atoms with Gasteiger partial charge in [-0.05, 0) is 57.8 Å². The van der Waals surface area contributed by atoms with Crippen LogP contribution in [0.4, 0.5) is 0 Å². The van der Waals surface area contributed by atoms with Crippen molar-refractivity contribution < 1.29 is 24.5 Å². The highest BCUT2D eigenvalue weighted by Gasteiger charge is 2.18. The third-order valence-corrected chi connectivity index (χ3v) is 12.9. The van der Waals surface area contributed by atoms with E-state index >= 15 is 0 Å². The molecule has 0 aromatic carbocycles. The number of allylic oxidation sites excluding steroid dienone is 5. The minimum atomic E-state index is -0.846. The van der Waals surface area contributed by atoms with E-state index in [1.165, 1.54) is 218 Å². The molecule has 0 heterocycles. The predicted octanol–water partition coefficient (Wildman–Crippen LogP) is 17.2. The second kappa shape index (κ2) is 53.7. The van der Waals surface area contributed by atoms with Crippen molar-refractivity contribution in [3.63, 3.8) is 0 Å². The van der Waals surface area contributed by atoms with Gasteiger partial charge in [0.2, 0.25) is 5.91 Å². The second-order valence-corrected chi connectivity index (χ2v) is 19.3. The number of rotatable bonds is 52. The third kappa shape index (κ3) is 49.5. The van der Waals surface area contributed by atoms with E-state index < -0.39 is 12.1 Å². The maximum atomic E-state index is 12.4. The Bertz CT molecular complexity index is 1040. The van der Waals surface area contributed by atoms with Crippen molar-refractivity contribution in [2.45, 2.75) is 309 Å². The first kappa shape index (κ1) is 62.1. The van der Waals surface area contributed by atoms with E-state index in [-0.39, 0.29) is 18.5 Å². The van der Waals surface area contributed by atoms with Gasteiger partial charge in [-0.25, -0.2) is 0 Å². The van der Waals surface area contributed by atoms with Crippen LogP contribution in [0, 0.1) is 0 Å². The quantitative estimate of drug-likeness (QED) is 0.0321. The average Bonchev–Trinajstić information content (AvgIpc) is 3.29. The number of carbonyl (C=O) groups is 2. The molecule has 0 aliphatic rings. The molecule has 0 aromatic heterocycles. The molecule has 0 aromatic rings. The van der Waals surface area contributed by atoms with Crippen LogP contribution < -0.4 is 5.32 Å². The van der Waals surface area contributed by atoms with Crippen LogP contribution >= 0.6 is 0 Å². The Kier molecular flexibility index (Phi) is 52.1. The van der Waals surface area contributed by atoms with Crippen molar-refractivity contribution in [2.75, 3.05) is 13.2 Å². The van der Waals surface area contributed by atoms with Gasteiger partial charge in [0.05, 0.1) is 25.4 Å². The molecule has 2 atom stereocenters. The summed E-state index contributed by atoms with van der Waals surface area (Å²) in [7, 11) is 0. The molecule has 0 aliphatic heterocycles. The van der Waals surface area contributed by atoms with Crippen LogP contribution in [0.25, 0.3) is 0 Å². The number of carbonyl (C=O) groups excluding carboxylic acids is 2. The largest absolute Gasteiger partial charge is 0.466 e. The van der Waals surface area contributed by atoms with Gasteiger partial charge in [0.25, 0.3) is 0 Å². The van der Waals surface area contributed by atoms with Crippen LogP contribution in [0.2, 0.25) is 0 Å². The van der Waals surface area contributed by atoms with E-state index in [0.29, 0.717) is 19.4 Å². The van der Waals surface area contributed by atoms with Crippen molar-refractivity contribution in [1.82, 2.24) is 5.32 Å². The van der Waals surface area contributed by atoms with Gasteiger partial charge in [0, 0.05) is 12.8 Å². The van der Waals surface area contributed by atoms with E-state index in [2.05, 4.69) is 43.5 Å². The van der Waals surface area contributed by atoms with E-state index in [9.17, 15) is 19.8 Å². The maximum absolute atomic E-state index is 12.4. The maximum Gasteiger partial charge on any atom is 0.305 e. The fourth-order valence-corrected chi connectivity index (χ4v) is 8.55. The summed E-state index contributed by atoms with van der Waals surface area (Å²) in [6, 6.07) is -0.630. The summed E-state index contributed by atoms with van der Waals surface area (Å²) in [5, 5.41) is 23.1. The van der Waals surface area contributed by atoms with Gasteiger partial charge in [0.15, 0.2) is 0 Å². The molecule has 1 amide bonds.